The first-order chi connectivity index (χ1) is 50.1. The Labute approximate surface area is 616 Å². The van der Waals surface area contributed by atoms with Crippen LogP contribution in [0.5, 0.6) is 0 Å². The Morgan fingerprint density at radius 3 is 1.42 bits per heavy atom. The fourth-order valence-electron chi connectivity index (χ4n) is 12.8. The Morgan fingerprint density at radius 2 is 1.06 bits per heavy atom. The molecule has 22 nitrogen and oxygen atoms in total. The van der Waals surface area contributed by atoms with Crippen LogP contribution in [0, 0.1) is 45.9 Å². The number of nitriles is 2. The zero-order valence-corrected chi connectivity index (χ0v) is 60.9. The Bertz CT molecular complexity index is 4370. The summed E-state index contributed by atoms with van der Waals surface area (Å²) in [5.41, 5.74) is -1.61. The van der Waals surface area contributed by atoms with E-state index in [0.717, 1.165) is 76.2 Å². The maximum Gasteiger partial charge on any atom is 0.410 e. The molecule has 0 radical (unpaired) electrons. The SMILES string of the molecule is CC(C)(C)OC(=O)N1CC(=O)N(c2cc(C#N)ccn2)[C@H](C(=O)N(c2cc(F)cc(F)c2)[C@H](C(=O)NC2CC(F)(F)C2)c2ccccc2Cl)C1.CCOC1(O[SiH](C)C)CC1.N#Cc1ccnc(N2C(=O)CN(C3CC3)C[C@H]2C(=O)N(c2cc(F)cc(F)c2)[C@H](C(=O)NC2CC(F)(F)C2)c2ccccc2Cl)c1. The molecule has 560 valence electrons. The molecule has 12 rings (SSSR count). The molecule has 4 heterocycles. The topological polar surface area (TPSA) is 264 Å². The second kappa shape index (κ2) is 32.6. The van der Waals surface area contributed by atoms with E-state index in [1.54, 1.807) is 26.8 Å². The van der Waals surface area contributed by atoms with E-state index in [0.29, 0.717) is 17.0 Å². The van der Waals surface area contributed by atoms with Gasteiger partial charge in [-0.1, -0.05) is 59.6 Å². The minimum Gasteiger partial charge on any atom is -0.444 e. The third-order valence-corrected chi connectivity index (χ3v) is 19.3. The van der Waals surface area contributed by atoms with Gasteiger partial charge in [0.15, 0.2) is 14.8 Å². The fraction of sp³-hybridized carbons (Fsp3) is 0.411. The number of hydrogen-bond acceptors (Lipinski definition) is 15. The van der Waals surface area contributed by atoms with E-state index in [1.807, 2.05) is 24.0 Å². The van der Waals surface area contributed by atoms with Gasteiger partial charge in [-0.15, -0.1) is 0 Å². The number of pyridine rings is 2. The van der Waals surface area contributed by atoms with Crippen LogP contribution in [0.1, 0.15) is 113 Å². The van der Waals surface area contributed by atoms with Crippen LogP contribution in [0.3, 0.4) is 0 Å². The number of anilines is 4. The highest BCUT2D eigenvalue weighted by molar-refractivity contribution is 6.48. The van der Waals surface area contributed by atoms with Crippen molar-refractivity contribution in [3.63, 3.8) is 0 Å². The summed E-state index contributed by atoms with van der Waals surface area (Å²) in [4.78, 5) is 114. The van der Waals surface area contributed by atoms with Crippen molar-refractivity contribution in [1.29, 1.82) is 10.5 Å². The van der Waals surface area contributed by atoms with Crippen LogP contribution in [-0.4, -0.2) is 157 Å². The summed E-state index contributed by atoms with van der Waals surface area (Å²) in [6.07, 6.45) is 2.74. The van der Waals surface area contributed by atoms with Crippen molar-refractivity contribution in [1.82, 2.24) is 30.4 Å². The van der Waals surface area contributed by atoms with Crippen LogP contribution in [0.25, 0.3) is 0 Å². The Morgan fingerprint density at radius 1 is 0.642 bits per heavy atom. The molecule has 2 aliphatic heterocycles. The van der Waals surface area contributed by atoms with Gasteiger partial charge in [0.2, 0.25) is 23.6 Å². The molecule has 2 aromatic heterocycles. The lowest BCUT2D eigenvalue weighted by Gasteiger charge is -2.43. The highest BCUT2D eigenvalue weighted by Crippen LogP contribution is 2.44. The highest BCUT2D eigenvalue weighted by atomic mass is 35.5. The molecule has 0 spiro atoms. The number of alkyl halides is 4. The van der Waals surface area contributed by atoms with E-state index in [9.17, 15) is 74.4 Å². The summed E-state index contributed by atoms with van der Waals surface area (Å²) in [5, 5.41) is 24.0. The van der Waals surface area contributed by atoms with Gasteiger partial charge in [-0.05, 0) is 114 Å². The van der Waals surface area contributed by atoms with Crippen molar-refractivity contribution in [2.24, 2.45) is 0 Å². The first-order valence-electron chi connectivity index (χ1n) is 33.9. The average molecular weight is 1530 g/mol. The summed E-state index contributed by atoms with van der Waals surface area (Å²) in [6, 6.07) is 16.8. The maximum atomic E-state index is 15.0. The van der Waals surface area contributed by atoms with Crippen LogP contribution in [0.15, 0.2) is 122 Å². The summed E-state index contributed by atoms with van der Waals surface area (Å²) in [7, 11) is -0.890. The average Bonchev–Trinajstić information content (AvgIpc) is 0.934. The molecule has 0 bridgehead atoms. The van der Waals surface area contributed by atoms with Gasteiger partial charge in [0.05, 0.1) is 47.7 Å². The predicted molar refractivity (Wildman–Crippen MR) is 375 cm³/mol. The summed E-state index contributed by atoms with van der Waals surface area (Å²) >= 11 is 13.1. The zero-order valence-electron chi connectivity index (χ0n) is 58.2. The Hall–Kier alpha value is -9.63. The van der Waals surface area contributed by atoms with Gasteiger partial charge in [0, 0.05) is 116 Å². The number of carbonyl (C=O) groups is 7. The number of nitrogens with zero attached hydrogens (tertiary/aromatic N) is 10. The van der Waals surface area contributed by atoms with Gasteiger partial charge >= 0.3 is 6.09 Å². The number of hydrogen-bond donors (Lipinski definition) is 2. The van der Waals surface area contributed by atoms with E-state index in [2.05, 4.69) is 33.7 Å². The predicted octanol–water partition coefficient (Wildman–Crippen LogP) is 11.8. The molecule has 106 heavy (non-hydrogen) atoms. The number of piperazine rings is 2. The van der Waals surface area contributed by atoms with Crippen molar-refractivity contribution in [2.45, 2.75) is 158 Å². The molecule has 6 fully saturated rings. The Balaban J connectivity index is 0.000000201. The summed E-state index contributed by atoms with van der Waals surface area (Å²) < 4.78 is 131. The van der Waals surface area contributed by atoms with Crippen molar-refractivity contribution in [3.8, 4) is 12.1 Å². The second-order valence-electron chi connectivity index (χ2n) is 27.6. The molecule has 0 unspecified atom stereocenters. The molecule has 4 atom stereocenters. The van der Waals surface area contributed by atoms with E-state index in [-0.39, 0.29) is 74.5 Å². The Kier molecular flexibility index (Phi) is 24.3. The van der Waals surface area contributed by atoms with Gasteiger partial charge in [-0.25, -0.2) is 49.9 Å². The zero-order chi connectivity index (χ0) is 76.9. The number of benzene rings is 4. The molecule has 4 aromatic carbocycles. The van der Waals surface area contributed by atoms with Crippen LogP contribution in [-0.2, 0) is 42.7 Å². The number of ether oxygens (including phenoxy) is 2. The first-order valence-corrected chi connectivity index (χ1v) is 37.5. The lowest BCUT2D eigenvalue weighted by molar-refractivity contribution is -0.134. The second-order valence-corrected chi connectivity index (χ2v) is 30.7. The third-order valence-electron chi connectivity index (χ3n) is 17.7. The van der Waals surface area contributed by atoms with Crippen molar-refractivity contribution in [2.75, 3.05) is 52.4 Å². The molecule has 4 aliphatic carbocycles. The largest absolute Gasteiger partial charge is 0.444 e. The molecule has 4 saturated carbocycles. The third kappa shape index (κ3) is 19.3. The summed E-state index contributed by atoms with van der Waals surface area (Å²) in [5.74, 6) is -16.0. The van der Waals surface area contributed by atoms with Gasteiger partial charge in [-0.3, -0.25) is 58.2 Å². The number of rotatable bonds is 19. The van der Waals surface area contributed by atoms with Crippen LogP contribution >= 0.6 is 23.2 Å². The minimum absolute atomic E-state index is 0.00124. The molecule has 2 saturated heterocycles. The molecule has 6 aromatic rings. The molecule has 33 heteroatoms. The number of amides is 7. The standard InChI is InChI=1S/C34H31ClF4N6O5.C32H27ClF4N6O3.C7H16O2Si/c1-33(2,3)50-32(49)43-17-26(45(28(46)18-43)27-10-19(16-40)8-9-41-27)31(48)44(23-12-20(36)11-21(37)13-23)29(24-6-4-5-7-25(24)35)30(47)42-22-14-34(38,39)15-22;33-25-4-2-1-3-24(25)29(30(45)40-21-13-32(36,37)14-21)42(23-11-19(34)10-20(35)12-23)31(46)26-16-41(22-5-6-22)17-28(44)43(26)27-9-18(15-38)7-8-39-27;1-4-8-7(5-6-7)9-10(2)3/h4-13,22,26,29H,14-15,17-18H2,1-3H3,(H,42,47);1-4,7-12,21-22,26,29H,5-6,13-14,16-17H2,(H,40,45);10H,4-6H2,1-3H3/t2*26-,29-;/m00./s1. The molecule has 6 aliphatic rings. The van der Waals surface area contributed by atoms with Crippen LogP contribution in [0.2, 0.25) is 23.1 Å². The van der Waals surface area contributed by atoms with Crippen molar-refractivity contribution in [3.05, 3.63) is 177 Å². The van der Waals surface area contributed by atoms with Gasteiger partial charge in [0.1, 0.15) is 71.2 Å². The quantitative estimate of drug-likeness (QED) is 0.0434. The normalized spacial score (nSPS) is 19.4. The molecular weight excluding hydrogens is 1460 g/mol. The van der Waals surface area contributed by atoms with Crippen molar-refractivity contribution >= 4 is 96.8 Å². The van der Waals surface area contributed by atoms with Gasteiger partial charge in [0.25, 0.3) is 23.7 Å². The number of carbonyl (C=O) groups excluding carboxylic acids is 7. The smallest absolute Gasteiger partial charge is 0.410 e. The highest BCUT2D eigenvalue weighted by Gasteiger charge is 2.53. The lowest BCUT2D eigenvalue weighted by Crippen LogP contribution is -2.65. The molecular formula is C73H74Cl2F8N12O10Si. The van der Waals surface area contributed by atoms with Crippen LogP contribution in [0.4, 0.5) is 62.9 Å². The number of halogens is 10. The monoisotopic (exact) mass is 1530 g/mol. The van der Waals surface area contributed by atoms with E-state index in [1.165, 1.54) is 79.1 Å². The number of nitrogens with one attached hydrogen (secondary N) is 2. The molecule has 2 N–H and O–H groups in total. The lowest BCUT2D eigenvalue weighted by atomic mass is 9.87. The fourth-order valence-corrected chi connectivity index (χ4v) is 14.4. The first kappa shape index (κ1) is 78.9. The van der Waals surface area contributed by atoms with E-state index in [4.69, 9.17) is 37.1 Å². The van der Waals surface area contributed by atoms with E-state index < -0.39 is 172 Å². The minimum atomic E-state index is -3.03. The number of aromatic nitrogens is 2. The van der Waals surface area contributed by atoms with Crippen molar-refractivity contribution < 1.29 is 82.6 Å². The van der Waals surface area contributed by atoms with Gasteiger partial charge < -0.3 is 24.5 Å². The van der Waals surface area contributed by atoms with E-state index >= 15 is 4.79 Å². The molecule has 7 amide bonds. The summed E-state index contributed by atoms with van der Waals surface area (Å²) in [6.45, 7) is 10.7. The van der Waals surface area contributed by atoms with Crippen LogP contribution < -0.4 is 30.2 Å². The maximum absolute atomic E-state index is 15.0. The van der Waals surface area contributed by atoms with Gasteiger partial charge in [-0.2, -0.15) is 10.5 Å².